The minimum atomic E-state index is 0.707. The Bertz CT molecular complexity index is 482. The van der Waals surface area contributed by atoms with Crippen LogP contribution in [-0.2, 0) is 0 Å². The zero-order chi connectivity index (χ0) is 11.5. The summed E-state index contributed by atoms with van der Waals surface area (Å²) in [5.41, 5.74) is 7.27. The first-order valence-electron chi connectivity index (χ1n) is 5.06. The van der Waals surface area contributed by atoms with Crippen LogP contribution in [0.5, 0.6) is 0 Å². The number of rotatable bonds is 2. The lowest BCUT2D eigenvalue weighted by Crippen LogP contribution is -2.13. The van der Waals surface area contributed by atoms with Gasteiger partial charge in [-0.1, -0.05) is 6.07 Å². The Hall–Kier alpha value is -2.10. The summed E-state index contributed by atoms with van der Waals surface area (Å²) < 4.78 is 0. The molecule has 0 aliphatic heterocycles. The summed E-state index contributed by atoms with van der Waals surface area (Å²) >= 11 is 0. The summed E-state index contributed by atoms with van der Waals surface area (Å²) in [6.45, 7) is 1.89. The van der Waals surface area contributed by atoms with Gasteiger partial charge < -0.3 is 10.6 Å². The monoisotopic (exact) mass is 214 g/mol. The highest BCUT2D eigenvalue weighted by molar-refractivity contribution is 5.58. The van der Waals surface area contributed by atoms with Gasteiger partial charge in [-0.05, 0) is 31.2 Å². The molecular weight excluding hydrogens is 200 g/mol. The first-order valence-corrected chi connectivity index (χ1v) is 5.06. The topological polar surface area (TPSA) is 55.0 Å². The molecule has 16 heavy (non-hydrogen) atoms. The van der Waals surface area contributed by atoms with Gasteiger partial charge >= 0.3 is 0 Å². The van der Waals surface area contributed by atoms with Crippen LogP contribution in [-0.4, -0.2) is 17.0 Å². The molecule has 2 rings (SSSR count). The smallest absolute Gasteiger partial charge is 0.134 e. The molecule has 2 heterocycles. The molecule has 0 unspecified atom stereocenters. The second-order valence-electron chi connectivity index (χ2n) is 3.59. The van der Waals surface area contributed by atoms with Crippen LogP contribution in [0.2, 0.25) is 0 Å². The van der Waals surface area contributed by atoms with Crippen LogP contribution in [0.4, 0.5) is 17.3 Å². The third-order valence-corrected chi connectivity index (χ3v) is 2.45. The van der Waals surface area contributed by atoms with Crippen molar-refractivity contribution in [1.82, 2.24) is 9.97 Å². The molecule has 0 bridgehead atoms. The minimum absolute atomic E-state index is 0.707. The van der Waals surface area contributed by atoms with Crippen LogP contribution >= 0.6 is 0 Å². The van der Waals surface area contributed by atoms with Gasteiger partial charge in [-0.2, -0.15) is 0 Å². The summed E-state index contributed by atoms with van der Waals surface area (Å²) in [4.78, 5) is 10.6. The van der Waals surface area contributed by atoms with Gasteiger partial charge in [-0.3, -0.25) is 0 Å². The van der Waals surface area contributed by atoms with E-state index in [4.69, 9.17) is 5.73 Å². The van der Waals surface area contributed by atoms with E-state index >= 15 is 0 Å². The van der Waals surface area contributed by atoms with Crippen molar-refractivity contribution >= 4 is 17.3 Å². The lowest BCUT2D eigenvalue weighted by Gasteiger charge is -2.17. The van der Waals surface area contributed by atoms with Gasteiger partial charge in [0.25, 0.3) is 0 Å². The van der Waals surface area contributed by atoms with E-state index in [2.05, 4.69) is 9.97 Å². The summed E-state index contributed by atoms with van der Waals surface area (Å²) in [7, 11) is 1.93. The maximum absolute atomic E-state index is 5.73. The first kappa shape index (κ1) is 10.4. The Morgan fingerprint density at radius 1 is 1.12 bits per heavy atom. The van der Waals surface area contributed by atoms with Crippen molar-refractivity contribution in [1.29, 1.82) is 0 Å². The molecule has 0 amide bonds. The molecule has 4 heteroatoms. The fraction of sp³-hybridized carbons (Fsp3) is 0.167. The highest BCUT2D eigenvalue weighted by Gasteiger charge is 2.06. The SMILES string of the molecule is Cc1nc(N(C)c2ccccn2)ccc1N. The molecule has 0 aromatic carbocycles. The number of nitrogens with zero attached hydrogens (tertiary/aromatic N) is 3. The molecule has 4 nitrogen and oxygen atoms in total. The average molecular weight is 214 g/mol. The second-order valence-corrected chi connectivity index (χ2v) is 3.59. The highest BCUT2D eigenvalue weighted by Crippen LogP contribution is 2.20. The molecular formula is C12H14N4. The molecule has 0 fully saturated rings. The molecule has 0 atom stereocenters. The van der Waals surface area contributed by atoms with Crippen molar-refractivity contribution in [2.24, 2.45) is 0 Å². The Kier molecular flexibility index (Phi) is 2.72. The van der Waals surface area contributed by atoms with Crippen LogP contribution in [0.3, 0.4) is 0 Å². The standard InChI is InChI=1S/C12H14N4/c1-9-10(13)6-7-12(15-9)16(2)11-5-3-4-8-14-11/h3-8H,13H2,1-2H3. The van der Waals surface area contributed by atoms with E-state index in [1.807, 2.05) is 49.2 Å². The Morgan fingerprint density at radius 3 is 2.56 bits per heavy atom. The van der Waals surface area contributed by atoms with E-state index < -0.39 is 0 Å². The van der Waals surface area contributed by atoms with Crippen molar-refractivity contribution < 1.29 is 0 Å². The summed E-state index contributed by atoms with van der Waals surface area (Å²) in [6.07, 6.45) is 1.76. The summed E-state index contributed by atoms with van der Waals surface area (Å²) in [6, 6.07) is 9.52. The predicted molar refractivity (Wildman–Crippen MR) is 65.7 cm³/mol. The zero-order valence-corrected chi connectivity index (χ0v) is 9.38. The largest absolute Gasteiger partial charge is 0.397 e. The minimum Gasteiger partial charge on any atom is -0.397 e. The Morgan fingerprint density at radius 2 is 1.94 bits per heavy atom. The zero-order valence-electron chi connectivity index (χ0n) is 9.38. The van der Waals surface area contributed by atoms with Crippen LogP contribution in [0.25, 0.3) is 0 Å². The highest BCUT2D eigenvalue weighted by atomic mass is 15.2. The number of aryl methyl sites for hydroxylation is 1. The number of hydrogen-bond acceptors (Lipinski definition) is 4. The molecule has 2 N–H and O–H groups in total. The first-order chi connectivity index (χ1) is 7.68. The maximum atomic E-state index is 5.73. The van der Waals surface area contributed by atoms with Gasteiger partial charge in [0.05, 0.1) is 11.4 Å². The molecule has 0 radical (unpaired) electrons. The van der Waals surface area contributed by atoms with E-state index in [9.17, 15) is 0 Å². The third-order valence-electron chi connectivity index (χ3n) is 2.45. The van der Waals surface area contributed by atoms with Gasteiger partial charge in [-0.25, -0.2) is 9.97 Å². The fourth-order valence-corrected chi connectivity index (χ4v) is 1.41. The molecule has 0 aliphatic rings. The quantitative estimate of drug-likeness (QED) is 0.832. The summed E-state index contributed by atoms with van der Waals surface area (Å²) in [5.74, 6) is 1.70. The fourth-order valence-electron chi connectivity index (χ4n) is 1.41. The van der Waals surface area contributed by atoms with Crippen molar-refractivity contribution in [2.45, 2.75) is 6.92 Å². The van der Waals surface area contributed by atoms with Crippen molar-refractivity contribution in [2.75, 3.05) is 17.7 Å². The number of nitrogen functional groups attached to an aromatic ring is 1. The predicted octanol–water partition coefficient (Wildman–Crippen LogP) is 2.14. The number of hydrogen-bond donors (Lipinski definition) is 1. The van der Waals surface area contributed by atoms with Crippen LogP contribution in [0.1, 0.15) is 5.69 Å². The molecule has 0 spiro atoms. The van der Waals surface area contributed by atoms with Crippen LogP contribution in [0.15, 0.2) is 36.5 Å². The van der Waals surface area contributed by atoms with Gasteiger partial charge in [0.1, 0.15) is 11.6 Å². The molecule has 0 saturated heterocycles. The molecule has 0 aliphatic carbocycles. The van der Waals surface area contributed by atoms with E-state index in [0.29, 0.717) is 5.69 Å². The van der Waals surface area contributed by atoms with Gasteiger partial charge in [0, 0.05) is 13.2 Å². The van der Waals surface area contributed by atoms with Crippen molar-refractivity contribution in [3.05, 3.63) is 42.2 Å². The van der Waals surface area contributed by atoms with Crippen LogP contribution < -0.4 is 10.6 Å². The Labute approximate surface area is 94.8 Å². The molecule has 82 valence electrons. The lowest BCUT2D eigenvalue weighted by molar-refractivity contribution is 1.06. The Balaban J connectivity index is 2.34. The third kappa shape index (κ3) is 1.95. The number of aromatic nitrogens is 2. The average Bonchev–Trinajstić information content (AvgIpc) is 2.33. The van der Waals surface area contributed by atoms with Crippen molar-refractivity contribution in [3.63, 3.8) is 0 Å². The van der Waals surface area contributed by atoms with Gasteiger partial charge in [0.15, 0.2) is 0 Å². The van der Waals surface area contributed by atoms with E-state index in [1.165, 1.54) is 0 Å². The molecule has 0 saturated carbocycles. The normalized spacial score (nSPS) is 10.1. The van der Waals surface area contributed by atoms with Gasteiger partial charge in [-0.15, -0.1) is 0 Å². The van der Waals surface area contributed by atoms with Crippen LogP contribution in [0, 0.1) is 6.92 Å². The van der Waals surface area contributed by atoms with E-state index in [1.54, 1.807) is 6.20 Å². The van der Waals surface area contributed by atoms with Crippen molar-refractivity contribution in [3.8, 4) is 0 Å². The van der Waals surface area contributed by atoms with Gasteiger partial charge in [0.2, 0.25) is 0 Å². The molecule has 2 aromatic heterocycles. The maximum Gasteiger partial charge on any atom is 0.134 e. The number of anilines is 3. The summed E-state index contributed by atoms with van der Waals surface area (Å²) in [5, 5.41) is 0. The molecule has 2 aromatic rings. The van der Waals surface area contributed by atoms with E-state index in [-0.39, 0.29) is 0 Å². The second kappa shape index (κ2) is 4.18. The number of pyridine rings is 2. The van der Waals surface area contributed by atoms with E-state index in [0.717, 1.165) is 17.3 Å². The number of nitrogens with two attached hydrogens (primary N) is 1. The lowest BCUT2D eigenvalue weighted by atomic mass is 10.3.